The van der Waals surface area contributed by atoms with Gasteiger partial charge in [-0.25, -0.2) is 4.98 Å². The molecule has 0 aliphatic carbocycles. The third kappa shape index (κ3) is 3.23. The van der Waals surface area contributed by atoms with Crippen LogP contribution in [0.1, 0.15) is 0 Å². The molecule has 1 aromatic carbocycles. The molecule has 0 saturated heterocycles. The van der Waals surface area contributed by atoms with Crippen molar-refractivity contribution in [3.05, 3.63) is 52.1 Å². The predicted molar refractivity (Wildman–Crippen MR) is 67.5 cm³/mol. The number of nitrogens with zero attached hydrogens (tertiary/aromatic N) is 1. The van der Waals surface area contributed by atoms with Gasteiger partial charge in [-0.2, -0.15) is 0 Å². The lowest BCUT2D eigenvalue weighted by molar-refractivity contribution is 1.10. The molecule has 2 aromatic rings. The summed E-state index contributed by atoms with van der Waals surface area (Å²) in [5, 5.41) is 1.70. The van der Waals surface area contributed by atoms with Gasteiger partial charge in [0.2, 0.25) is 0 Å². The van der Waals surface area contributed by atoms with E-state index < -0.39 is 0 Å². The molecule has 1 heterocycles. The van der Waals surface area contributed by atoms with E-state index in [0.717, 1.165) is 19.5 Å². The van der Waals surface area contributed by atoms with Gasteiger partial charge in [-0.3, -0.25) is 0 Å². The molecule has 0 amide bonds. The third-order valence-electron chi connectivity index (χ3n) is 1.71. The van der Waals surface area contributed by atoms with Gasteiger partial charge >= 0.3 is 0 Å². The smallest absolute Gasteiger partial charge is 0.107 e. The molecule has 1 nitrogen and oxygen atoms in total. The summed E-state index contributed by atoms with van der Waals surface area (Å²) in [6, 6.07) is 13.6. The first-order valence-corrected chi connectivity index (χ1v) is 6.29. The van der Waals surface area contributed by atoms with E-state index in [2.05, 4.69) is 20.9 Å². The molecule has 0 aliphatic rings. The largest absolute Gasteiger partial charge is 0.234 e. The zero-order chi connectivity index (χ0) is 10.7. The predicted octanol–water partition coefficient (Wildman–Crippen LogP) is 4.65. The molecule has 0 fully saturated rings. The van der Waals surface area contributed by atoms with Crippen LogP contribution in [0, 0.1) is 0 Å². The van der Waals surface area contributed by atoms with Crippen molar-refractivity contribution in [2.24, 2.45) is 0 Å². The standard InChI is InChI=1S/C11H7BrClNS/c12-10-5-2-6-11(14-10)15-9-4-1-3-8(13)7-9/h1-7H. The quantitative estimate of drug-likeness (QED) is 0.749. The van der Waals surface area contributed by atoms with E-state index in [0.29, 0.717) is 0 Å². The van der Waals surface area contributed by atoms with Crippen LogP contribution in [0.3, 0.4) is 0 Å². The lowest BCUT2D eigenvalue weighted by Crippen LogP contribution is -1.79. The minimum atomic E-state index is 0.745. The summed E-state index contributed by atoms with van der Waals surface area (Å²) >= 11 is 10.8. The van der Waals surface area contributed by atoms with E-state index in [1.54, 1.807) is 11.8 Å². The summed E-state index contributed by atoms with van der Waals surface area (Å²) in [7, 11) is 0. The first-order valence-electron chi connectivity index (χ1n) is 4.30. The minimum absolute atomic E-state index is 0.745. The summed E-state index contributed by atoms with van der Waals surface area (Å²) in [6.07, 6.45) is 0. The van der Waals surface area contributed by atoms with Crippen molar-refractivity contribution in [3.63, 3.8) is 0 Å². The Labute approximate surface area is 106 Å². The maximum absolute atomic E-state index is 5.90. The fraction of sp³-hybridized carbons (Fsp3) is 0. The monoisotopic (exact) mass is 299 g/mol. The van der Waals surface area contributed by atoms with Gasteiger partial charge in [0, 0.05) is 9.92 Å². The third-order valence-corrected chi connectivity index (χ3v) is 3.31. The van der Waals surface area contributed by atoms with Crippen molar-refractivity contribution in [2.45, 2.75) is 9.92 Å². The van der Waals surface area contributed by atoms with Crippen LogP contribution < -0.4 is 0 Å². The zero-order valence-corrected chi connectivity index (χ0v) is 10.8. The zero-order valence-electron chi connectivity index (χ0n) is 7.65. The number of benzene rings is 1. The number of hydrogen-bond acceptors (Lipinski definition) is 2. The van der Waals surface area contributed by atoms with Gasteiger partial charge in [0.1, 0.15) is 9.63 Å². The van der Waals surface area contributed by atoms with Crippen molar-refractivity contribution in [3.8, 4) is 0 Å². The van der Waals surface area contributed by atoms with Crippen LogP contribution >= 0.6 is 39.3 Å². The van der Waals surface area contributed by atoms with Gasteiger partial charge in [0.25, 0.3) is 0 Å². The topological polar surface area (TPSA) is 12.9 Å². The molecule has 2 rings (SSSR count). The Bertz CT molecular complexity index is 432. The van der Waals surface area contributed by atoms with Crippen LogP contribution in [-0.4, -0.2) is 4.98 Å². The van der Waals surface area contributed by atoms with E-state index >= 15 is 0 Å². The molecule has 0 unspecified atom stereocenters. The summed E-state index contributed by atoms with van der Waals surface area (Å²) < 4.78 is 0.842. The molecule has 0 bridgehead atoms. The number of aromatic nitrogens is 1. The second kappa shape index (κ2) is 5.01. The van der Waals surface area contributed by atoms with E-state index in [1.807, 2.05) is 42.5 Å². The fourth-order valence-corrected chi connectivity index (χ4v) is 2.68. The van der Waals surface area contributed by atoms with Crippen LogP contribution in [0.5, 0.6) is 0 Å². The van der Waals surface area contributed by atoms with Crippen molar-refractivity contribution in [1.29, 1.82) is 0 Å². The highest BCUT2D eigenvalue weighted by atomic mass is 79.9. The second-order valence-electron chi connectivity index (χ2n) is 2.86. The highest BCUT2D eigenvalue weighted by molar-refractivity contribution is 9.10. The molecule has 4 heteroatoms. The maximum atomic E-state index is 5.90. The summed E-state index contributed by atoms with van der Waals surface area (Å²) in [5.74, 6) is 0. The Morgan fingerprint density at radius 3 is 2.67 bits per heavy atom. The summed E-state index contributed by atoms with van der Waals surface area (Å²) in [4.78, 5) is 5.43. The van der Waals surface area contributed by atoms with Gasteiger partial charge < -0.3 is 0 Å². The van der Waals surface area contributed by atoms with Gasteiger partial charge in [-0.1, -0.05) is 35.5 Å². The molecule has 0 aliphatic heterocycles. The minimum Gasteiger partial charge on any atom is -0.234 e. The fourth-order valence-electron chi connectivity index (χ4n) is 1.10. The molecule has 0 spiro atoms. The molecular weight excluding hydrogens is 294 g/mol. The first-order chi connectivity index (χ1) is 7.24. The average molecular weight is 301 g/mol. The van der Waals surface area contributed by atoms with Crippen molar-refractivity contribution < 1.29 is 0 Å². The van der Waals surface area contributed by atoms with Crippen molar-refractivity contribution in [1.82, 2.24) is 4.98 Å². The Morgan fingerprint density at radius 2 is 1.93 bits per heavy atom. The number of rotatable bonds is 2. The molecule has 76 valence electrons. The molecular formula is C11H7BrClNS. The van der Waals surface area contributed by atoms with Gasteiger partial charge in [0.15, 0.2) is 0 Å². The van der Waals surface area contributed by atoms with Crippen LogP contribution in [0.25, 0.3) is 0 Å². The number of pyridine rings is 1. The molecule has 0 saturated carbocycles. The van der Waals surface area contributed by atoms with Crippen molar-refractivity contribution >= 4 is 39.3 Å². The van der Waals surface area contributed by atoms with Gasteiger partial charge in [-0.05, 0) is 46.3 Å². The second-order valence-corrected chi connectivity index (χ2v) is 5.20. The number of hydrogen-bond donors (Lipinski definition) is 0. The maximum Gasteiger partial charge on any atom is 0.107 e. The number of halogens is 2. The molecule has 1 aromatic heterocycles. The average Bonchev–Trinajstić information content (AvgIpc) is 2.17. The normalized spacial score (nSPS) is 10.3. The van der Waals surface area contributed by atoms with E-state index in [9.17, 15) is 0 Å². The van der Waals surface area contributed by atoms with Crippen LogP contribution in [0.2, 0.25) is 5.02 Å². The lowest BCUT2D eigenvalue weighted by atomic mass is 10.4. The molecule has 0 atom stereocenters. The van der Waals surface area contributed by atoms with Crippen molar-refractivity contribution in [2.75, 3.05) is 0 Å². The highest BCUT2D eigenvalue weighted by Crippen LogP contribution is 2.28. The van der Waals surface area contributed by atoms with E-state index in [-0.39, 0.29) is 0 Å². The Morgan fingerprint density at radius 1 is 1.13 bits per heavy atom. The summed E-state index contributed by atoms with van der Waals surface area (Å²) in [5.41, 5.74) is 0. The highest BCUT2D eigenvalue weighted by Gasteiger charge is 1.99. The lowest BCUT2D eigenvalue weighted by Gasteiger charge is -2.01. The summed E-state index contributed by atoms with van der Waals surface area (Å²) in [6.45, 7) is 0. The molecule has 15 heavy (non-hydrogen) atoms. The van der Waals surface area contributed by atoms with E-state index in [1.165, 1.54) is 0 Å². The van der Waals surface area contributed by atoms with Crippen LogP contribution in [0.4, 0.5) is 0 Å². The first kappa shape index (κ1) is 11.0. The van der Waals surface area contributed by atoms with Gasteiger partial charge in [-0.15, -0.1) is 0 Å². The van der Waals surface area contributed by atoms with Gasteiger partial charge in [0.05, 0.1) is 0 Å². The van der Waals surface area contributed by atoms with Crippen LogP contribution in [0.15, 0.2) is 57.0 Å². The van der Waals surface area contributed by atoms with Crippen LogP contribution in [-0.2, 0) is 0 Å². The Kier molecular flexibility index (Phi) is 3.67. The Hall–Kier alpha value is -0.510. The Balaban J connectivity index is 2.22. The molecule has 0 N–H and O–H groups in total. The van der Waals surface area contributed by atoms with E-state index in [4.69, 9.17) is 11.6 Å². The molecule has 0 radical (unpaired) electrons. The SMILES string of the molecule is Clc1cccc(Sc2cccc(Br)n2)c1.